The van der Waals surface area contributed by atoms with Crippen LogP contribution in [0, 0.1) is 109 Å². The van der Waals surface area contributed by atoms with Gasteiger partial charge in [0, 0.05) is 42.1 Å². The second-order valence-electron chi connectivity index (χ2n) is 23.7. The summed E-state index contributed by atoms with van der Waals surface area (Å²) in [5, 5.41) is 19.4. The maximum atomic E-state index is 4.94. The van der Waals surface area contributed by atoms with Crippen LogP contribution in [0.4, 0.5) is 0 Å². The zero-order valence-electron chi connectivity index (χ0n) is 45.3. The van der Waals surface area contributed by atoms with E-state index in [0.717, 1.165) is 50.4 Å². The van der Waals surface area contributed by atoms with Gasteiger partial charge in [0.1, 0.15) is 0 Å². The fraction of sp³-hybridized carbons (Fsp3) is 0.750. The SMILES string of the molecule is CC(C)(C)C1=CC[N-]C(C2CC(C(C)(C)C)CC[N-]2)=C1.CC(C)(C)C1CC[N-]C(C2CC(C(C)(C)C)CC[N-]2)C1.Cc1c(C)c(C)[c-](C)c1C.Cc1c(C)c(C)[c-](C)c1C.O.O.[W].[W]. The molecule has 6 unspecified atom stereocenters. The molecular weight excluding hydrogens is 1130 g/mol. The van der Waals surface area contributed by atoms with Crippen molar-refractivity contribution >= 4 is 0 Å². The quantitative estimate of drug-likeness (QED) is 0.266. The van der Waals surface area contributed by atoms with Crippen LogP contribution in [0.1, 0.15) is 177 Å². The first kappa shape index (κ1) is 65.2. The van der Waals surface area contributed by atoms with Crippen LogP contribution in [-0.2, 0) is 42.1 Å². The summed E-state index contributed by atoms with van der Waals surface area (Å²) in [4.78, 5) is 0. The summed E-state index contributed by atoms with van der Waals surface area (Å²) in [6.07, 6.45) is 12.0. The van der Waals surface area contributed by atoms with Gasteiger partial charge in [0.05, 0.1) is 0 Å². The van der Waals surface area contributed by atoms with E-state index >= 15 is 0 Å². The molecular formula is C56H98N4O2W2-6. The summed E-state index contributed by atoms with van der Waals surface area (Å²) in [5.41, 5.74) is 18.7. The van der Waals surface area contributed by atoms with Crippen molar-refractivity contribution in [1.82, 2.24) is 0 Å². The molecule has 0 spiro atoms. The minimum atomic E-state index is 0. The van der Waals surface area contributed by atoms with Gasteiger partial charge in [-0.15, -0.1) is 32.2 Å². The molecule has 6 atom stereocenters. The van der Waals surface area contributed by atoms with Gasteiger partial charge in [0.25, 0.3) is 0 Å². The Morgan fingerprint density at radius 3 is 1.08 bits per heavy atom. The molecule has 64 heavy (non-hydrogen) atoms. The zero-order valence-corrected chi connectivity index (χ0v) is 51.2. The molecule has 4 N–H and O–H groups in total. The molecule has 6 nitrogen and oxygen atoms in total. The molecule has 2 aromatic carbocycles. The second kappa shape index (κ2) is 26.8. The van der Waals surface area contributed by atoms with Crippen molar-refractivity contribution in [2.45, 2.75) is 209 Å². The van der Waals surface area contributed by atoms with Gasteiger partial charge in [-0.05, 0) is 45.0 Å². The third kappa shape index (κ3) is 17.9. The maximum Gasteiger partial charge on any atom is 0 e. The summed E-state index contributed by atoms with van der Waals surface area (Å²) < 4.78 is 0. The fourth-order valence-corrected chi connectivity index (χ4v) is 9.79. The molecule has 0 saturated carbocycles. The van der Waals surface area contributed by atoms with E-state index in [9.17, 15) is 0 Å². The van der Waals surface area contributed by atoms with Gasteiger partial charge in [-0.3, -0.25) is 0 Å². The first-order valence-corrected chi connectivity index (χ1v) is 23.9. The molecule has 8 heteroatoms. The van der Waals surface area contributed by atoms with Crippen molar-refractivity contribution in [3.8, 4) is 0 Å². The van der Waals surface area contributed by atoms with Crippen LogP contribution in [0.3, 0.4) is 0 Å². The Bertz CT molecular complexity index is 1510. The van der Waals surface area contributed by atoms with E-state index in [1.54, 1.807) is 0 Å². The number of piperidine rings is 3. The van der Waals surface area contributed by atoms with E-state index in [4.69, 9.17) is 21.3 Å². The number of nitrogens with zero attached hydrogens (tertiary/aromatic N) is 4. The minimum absolute atomic E-state index is 0. The molecule has 0 amide bonds. The largest absolute Gasteiger partial charge is 0.686 e. The van der Waals surface area contributed by atoms with Crippen LogP contribution in [0.2, 0.25) is 0 Å². The molecule has 0 bridgehead atoms. The second-order valence-corrected chi connectivity index (χ2v) is 23.7. The van der Waals surface area contributed by atoms with E-state index in [2.05, 4.69) is 164 Å². The van der Waals surface area contributed by atoms with Crippen LogP contribution in [0.25, 0.3) is 21.3 Å². The van der Waals surface area contributed by atoms with Gasteiger partial charge in [-0.1, -0.05) is 203 Å². The fourth-order valence-electron chi connectivity index (χ4n) is 9.79. The summed E-state index contributed by atoms with van der Waals surface area (Å²) in [6, 6.07) is 1.32. The van der Waals surface area contributed by atoms with Crippen molar-refractivity contribution in [3.63, 3.8) is 0 Å². The van der Waals surface area contributed by atoms with E-state index in [1.807, 2.05) is 0 Å². The van der Waals surface area contributed by atoms with Crippen molar-refractivity contribution in [2.24, 2.45) is 39.4 Å². The van der Waals surface area contributed by atoms with Crippen molar-refractivity contribution < 1.29 is 53.1 Å². The molecule has 6 rings (SSSR count). The minimum Gasteiger partial charge on any atom is -0.686 e. The molecule has 3 fully saturated rings. The third-order valence-electron chi connectivity index (χ3n) is 15.9. The Hall–Kier alpha value is -0.843. The first-order valence-electron chi connectivity index (χ1n) is 23.9. The molecule has 4 aliphatic heterocycles. The van der Waals surface area contributed by atoms with Gasteiger partial charge >= 0.3 is 0 Å². The van der Waals surface area contributed by atoms with Crippen molar-refractivity contribution in [1.29, 1.82) is 0 Å². The predicted molar refractivity (Wildman–Crippen MR) is 275 cm³/mol. The van der Waals surface area contributed by atoms with Crippen LogP contribution >= 0.6 is 0 Å². The zero-order chi connectivity index (χ0) is 45.7. The summed E-state index contributed by atoms with van der Waals surface area (Å²) in [6.45, 7) is 54.1. The standard InChI is InChI=1S/C18H34N2.C18H30N2.2C10H15.2H2O.2W/c2*1-17(2,3)13-7-9-19-15(11-13)16-12-14(8-10-20-16)18(4,5)6;2*1-6-7(2)9(4)10(5)8(6)3;;;;/h13-16H,7-12H2,1-6H3;7,11,14,16H,8-10,12H2,1-6H3;2*1-5H3;2*1H2;;/q2*-2;2*-1;;;;. The molecule has 4 aliphatic rings. The van der Waals surface area contributed by atoms with Crippen molar-refractivity contribution in [3.05, 3.63) is 100 Å². The average Bonchev–Trinajstić information content (AvgIpc) is 3.46. The Balaban J connectivity index is 0. The Kier molecular flexibility index (Phi) is 27.3. The van der Waals surface area contributed by atoms with Crippen molar-refractivity contribution in [2.75, 3.05) is 26.2 Å². The molecule has 3 saturated heterocycles. The smallest absolute Gasteiger partial charge is 0 e. The predicted octanol–water partition coefficient (Wildman–Crippen LogP) is 15.1. The average molecular weight is 1230 g/mol. The van der Waals surface area contributed by atoms with Gasteiger partial charge in [0.2, 0.25) is 0 Å². The molecule has 0 radical (unpaired) electrons. The molecule has 0 aliphatic carbocycles. The summed E-state index contributed by atoms with van der Waals surface area (Å²) >= 11 is 0. The monoisotopic (exact) mass is 1230 g/mol. The molecule has 2 aromatic rings. The Morgan fingerprint density at radius 2 is 0.797 bits per heavy atom. The van der Waals surface area contributed by atoms with Gasteiger partial charge < -0.3 is 32.2 Å². The number of allylic oxidation sites excluding steroid dienone is 2. The third-order valence-corrected chi connectivity index (χ3v) is 15.9. The van der Waals surface area contributed by atoms with E-state index in [0.29, 0.717) is 34.4 Å². The first-order chi connectivity index (χ1) is 27.5. The number of rotatable bonds is 2. The van der Waals surface area contributed by atoms with Crippen LogP contribution in [-0.4, -0.2) is 55.3 Å². The number of hydrogen-bond acceptors (Lipinski definition) is 0. The van der Waals surface area contributed by atoms with E-state index in [1.165, 1.54) is 99.0 Å². The van der Waals surface area contributed by atoms with E-state index < -0.39 is 0 Å². The topological polar surface area (TPSA) is 119 Å². The summed E-state index contributed by atoms with van der Waals surface area (Å²) in [5.74, 6) is 2.38. The normalized spacial score (nSPS) is 23.7. The van der Waals surface area contributed by atoms with Gasteiger partial charge in [-0.25, -0.2) is 0 Å². The Morgan fingerprint density at radius 1 is 0.484 bits per heavy atom. The van der Waals surface area contributed by atoms with Crippen LogP contribution in [0.5, 0.6) is 0 Å². The van der Waals surface area contributed by atoms with Crippen LogP contribution in [0.15, 0.2) is 23.4 Å². The van der Waals surface area contributed by atoms with Gasteiger partial charge in [-0.2, -0.15) is 73.4 Å². The molecule has 372 valence electrons. The molecule has 4 heterocycles. The summed E-state index contributed by atoms with van der Waals surface area (Å²) in [7, 11) is 0. The molecule has 0 aromatic heterocycles. The van der Waals surface area contributed by atoms with Gasteiger partial charge in [0.15, 0.2) is 0 Å². The number of hydrogen-bond donors (Lipinski definition) is 0. The Labute approximate surface area is 425 Å². The maximum absolute atomic E-state index is 4.94. The van der Waals surface area contributed by atoms with Crippen LogP contribution < -0.4 is 0 Å². The van der Waals surface area contributed by atoms with E-state index in [-0.39, 0.29) is 58.5 Å².